The third-order valence-corrected chi connectivity index (χ3v) is 3.81. The number of nitrogens with one attached hydrogen (secondary N) is 1. The molecule has 0 aromatic rings. The monoisotopic (exact) mass is 235 g/mol. The Morgan fingerprint density at radius 2 is 2.20 bits per heavy atom. The van der Waals surface area contributed by atoms with Crippen LogP contribution in [0.2, 0.25) is 0 Å². The van der Waals surface area contributed by atoms with Gasteiger partial charge in [0.1, 0.15) is 9.84 Å². The van der Waals surface area contributed by atoms with E-state index in [1.54, 1.807) is 0 Å². The molecular formula is C10H21NO3S. The Kier molecular flexibility index (Phi) is 5.02. The molecule has 1 saturated heterocycles. The first-order valence-electron chi connectivity index (χ1n) is 5.49. The first kappa shape index (κ1) is 12.9. The van der Waals surface area contributed by atoms with Gasteiger partial charge in [-0.1, -0.05) is 0 Å². The van der Waals surface area contributed by atoms with Crippen LogP contribution in [0.25, 0.3) is 0 Å². The van der Waals surface area contributed by atoms with Gasteiger partial charge in [0, 0.05) is 18.9 Å². The van der Waals surface area contributed by atoms with Gasteiger partial charge in [-0.3, -0.25) is 0 Å². The molecule has 1 rings (SSSR count). The van der Waals surface area contributed by atoms with Crippen molar-refractivity contribution in [2.45, 2.75) is 37.8 Å². The lowest BCUT2D eigenvalue weighted by atomic mass is 10.0. The van der Waals surface area contributed by atoms with Crippen molar-refractivity contribution in [1.82, 2.24) is 5.32 Å². The number of hydrogen-bond donors (Lipinski definition) is 1. The summed E-state index contributed by atoms with van der Waals surface area (Å²) in [4.78, 5) is 0. The summed E-state index contributed by atoms with van der Waals surface area (Å²) in [5.74, 6) is 0.234. The maximum atomic E-state index is 11.1. The van der Waals surface area contributed by atoms with Gasteiger partial charge in [-0.05, 0) is 32.7 Å². The Morgan fingerprint density at radius 3 is 2.67 bits per heavy atom. The summed E-state index contributed by atoms with van der Waals surface area (Å²) in [5.41, 5.74) is 0. The summed E-state index contributed by atoms with van der Waals surface area (Å²) in [7, 11) is -0.998. The predicted octanol–water partition coefficient (Wildman–Crippen LogP) is 0.578. The fourth-order valence-electron chi connectivity index (χ4n) is 1.94. The van der Waals surface area contributed by atoms with E-state index < -0.39 is 9.84 Å². The van der Waals surface area contributed by atoms with Crippen LogP contribution < -0.4 is 5.32 Å². The second-order valence-electron chi connectivity index (χ2n) is 4.22. The van der Waals surface area contributed by atoms with Gasteiger partial charge in [-0.25, -0.2) is 8.42 Å². The summed E-state index contributed by atoms with van der Waals surface area (Å²) in [6, 6.07) is 0.167. The van der Waals surface area contributed by atoms with Crippen molar-refractivity contribution in [1.29, 1.82) is 0 Å². The van der Waals surface area contributed by atoms with Gasteiger partial charge in [0.15, 0.2) is 0 Å². The molecule has 15 heavy (non-hydrogen) atoms. The average molecular weight is 235 g/mol. The third kappa shape index (κ3) is 4.95. The predicted molar refractivity (Wildman–Crippen MR) is 60.8 cm³/mol. The highest BCUT2D eigenvalue weighted by Gasteiger charge is 2.23. The van der Waals surface area contributed by atoms with E-state index in [2.05, 4.69) is 5.32 Å². The standard InChI is InChI=1S/C10H21NO3S/c1-11-9(6-8-15(2,12)13)10-5-3-4-7-14-10/h9-11H,3-8H2,1-2H3. The SMILES string of the molecule is CNC(CCS(C)(=O)=O)C1CCCCO1. The number of sulfone groups is 1. The Labute approximate surface area is 92.3 Å². The van der Waals surface area contributed by atoms with E-state index in [-0.39, 0.29) is 17.9 Å². The molecule has 0 bridgehead atoms. The largest absolute Gasteiger partial charge is 0.377 e. The van der Waals surface area contributed by atoms with Crippen LogP contribution in [0.15, 0.2) is 0 Å². The number of hydrogen-bond acceptors (Lipinski definition) is 4. The molecule has 0 spiro atoms. The van der Waals surface area contributed by atoms with Crippen molar-refractivity contribution >= 4 is 9.84 Å². The maximum absolute atomic E-state index is 11.1. The van der Waals surface area contributed by atoms with Crippen LogP contribution in [-0.2, 0) is 14.6 Å². The highest BCUT2D eigenvalue weighted by Crippen LogP contribution is 2.17. The van der Waals surface area contributed by atoms with E-state index in [9.17, 15) is 8.42 Å². The van der Waals surface area contributed by atoms with E-state index in [0.29, 0.717) is 6.42 Å². The maximum Gasteiger partial charge on any atom is 0.147 e. The molecule has 2 atom stereocenters. The normalized spacial score (nSPS) is 25.1. The van der Waals surface area contributed by atoms with Crippen LogP contribution in [0.1, 0.15) is 25.7 Å². The summed E-state index contributed by atoms with van der Waals surface area (Å²) in [5, 5.41) is 3.15. The Morgan fingerprint density at radius 1 is 1.47 bits per heavy atom. The zero-order valence-electron chi connectivity index (χ0n) is 9.53. The third-order valence-electron chi connectivity index (χ3n) is 2.83. The number of rotatable bonds is 5. The second-order valence-corrected chi connectivity index (χ2v) is 6.48. The molecule has 4 nitrogen and oxygen atoms in total. The van der Waals surface area contributed by atoms with Crippen LogP contribution in [0.4, 0.5) is 0 Å². The van der Waals surface area contributed by atoms with Gasteiger partial charge in [0.05, 0.1) is 11.9 Å². The molecule has 0 aromatic carbocycles. The van der Waals surface area contributed by atoms with Gasteiger partial charge in [-0.15, -0.1) is 0 Å². The molecule has 0 aromatic heterocycles. The first-order valence-corrected chi connectivity index (χ1v) is 7.55. The van der Waals surface area contributed by atoms with Gasteiger partial charge < -0.3 is 10.1 Å². The molecule has 5 heteroatoms. The molecule has 0 saturated carbocycles. The molecule has 0 aliphatic carbocycles. The quantitative estimate of drug-likeness (QED) is 0.757. The van der Waals surface area contributed by atoms with Crippen LogP contribution in [0.3, 0.4) is 0 Å². The lowest BCUT2D eigenvalue weighted by Crippen LogP contribution is -2.42. The van der Waals surface area contributed by atoms with Gasteiger partial charge in [0.2, 0.25) is 0 Å². The van der Waals surface area contributed by atoms with Gasteiger partial charge >= 0.3 is 0 Å². The first-order chi connectivity index (χ1) is 7.03. The molecule has 1 aliphatic rings. The molecule has 90 valence electrons. The fourth-order valence-corrected chi connectivity index (χ4v) is 2.62. The summed E-state index contributed by atoms with van der Waals surface area (Å²) >= 11 is 0. The average Bonchev–Trinajstić information content (AvgIpc) is 2.19. The van der Waals surface area contributed by atoms with E-state index in [0.717, 1.165) is 19.4 Å². The van der Waals surface area contributed by atoms with Crippen LogP contribution in [-0.4, -0.2) is 46.2 Å². The zero-order valence-corrected chi connectivity index (χ0v) is 10.3. The second kappa shape index (κ2) is 5.82. The molecule has 1 aliphatic heterocycles. The summed E-state index contributed by atoms with van der Waals surface area (Å²) in [6.07, 6.45) is 5.45. The molecule has 2 unspecified atom stereocenters. The van der Waals surface area contributed by atoms with Gasteiger partial charge in [-0.2, -0.15) is 0 Å². The fraction of sp³-hybridized carbons (Fsp3) is 1.00. The van der Waals surface area contributed by atoms with Crippen molar-refractivity contribution < 1.29 is 13.2 Å². The van der Waals surface area contributed by atoms with Crippen LogP contribution >= 0.6 is 0 Å². The minimum Gasteiger partial charge on any atom is -0.377 e. The van der Waals surface area contributed by atoms with E-state index in [1.165, 1.54) is 12.7 Å². The molecule has 1 N–H and O–H groups in total. The van der Waals surface area contributed by atoms with Crippen LogP contribution in [0, 0.1) is 0 Å². The Bertz CT molecular complexity index is 270. The Balaban J connectivity index is 2.40. The van der Waals surface area contributed by atoms with Gasteiger partial charge in [0.25, 0.3) is 0 Å². The molecule has 1 fully saturated rings. The Hall–Kier alpha value is -0.130. The lowest BCUT2D eigenvalue weighted by molar-refractivity contribution is -0.00651. The summed E-state index contributed by atoms with van der Waals surface area (Å²) in [6.45, 7) is 0.807. The summed E-state index contributed by atoms with van der Waals surface area (Å²) < 4.78 is 27.8. The highest BCUT2D eigenvalue weighted by atomic mass is 32.2. The molecular weight excluding hydrogens is 214 g/mol. The van der Waals surface area contributed by atoms with Crippen LogP contribution in [0.5, 0.6) is 0 Å². The number of ether oxygens (including phenoxy) is 1. The van der Waals surface area contributed by atoms with E-state index >= 15 is 0 Å². The van der Waals surface area contributed by atoms with Crippen molar-refractivity contribution in [2.24, 2.45) is 0 Å². The van der Waals surface area contributed by atoms with Crippen molar-refractivity contribution in [2.75, 3.05) is 25.7 Å². The van der Waals surface area contributed by atoms with Crippen molar-refractivity contribution in [3.63, 3.8) is 0 Å². The van der Waals surface area contributed by atoms with Crippen molar-refractivity contribution in [3.8, 4) is 0 Å². The van der Waals surface area contributed by atoms with E-state index in [1.807, 2.05) is 7.05 Å². The molecule has 0 radical (unpaired) electrons. The smallest absolute Gasteiger partial charge is 0.147 e. The zero-order chi connectivity index (χ0) is 11.3. The number of likely N-dealkylation sites (N-methyl/N-ethyl adjacent to an activating group) is 1. The topological polar surface area (TPSA) is 55.4 Å². The minimum absolute atomic E-state index is 0.167. The molecule has 0 amide bonds. The minimum atomic E-state index is -2.86. The van der Waals surface area contributed by atoms with E-state index in [4.69, 9.17) is 4.74 Å². The molecule has 1 heterocycles. The van der Waals surface area contributed by atoms with Crippen molar-refractivity contribution in [3.05, 3.63) is 0 Å². The highest BCUT2D eigenvalue weighted by molar-refractivity contribution is 7.90. The lowest BCUT2D eigenvalue weighted by Gasteiger charge is -2.30.